The molecular weight excluding hydrogens is 258 g/mol. The highest BCUT2D eigenvalue weighted by atomic mass is 32.2. The van der Waals surface area contributed by atoms with Gasteiger partial charge >= 0.3 is 6.09 Å². The van der Waals surface area contributed by atoms with E-state index in [0.29, 0.717) is 0 Å². The minimum atomic E-state index is -3.31. The Morgan fingerprint density at radius 2 is 1.94 bits per heavy atom. The van der Waals surface area contributed by atoms with Crippen LogP contribution in [0.4, 0.5) is 4.79 Å². The molecule has 1 unspecified atom stereocenters. The van der Waals surface area contributed by atoms with E-state index in [-0.39, 0.29) is 25.3 Å². The Labute approximate surface area is 107 Å². The first-order valence-corrected chi connectivity index (χ1v) is 7.61. The van der Waals surface area contributed by atoms with Gasteiger partial charge in [0.25, 0.3) is 0 Å². The van der Waals surface area contributed by atoms with Crippen molar-refractivity contribution in [3.8, 4) is 0 Å². The van der Waals surface area contributed by atoms with Crippen LogP contribution in [-0.2, 0) is 14.6 Å². The van der Waals surface area contributed by atoms with Crippen LogP contribution in [0.5, 0.6) is 0 Å². The molecule has 2 fully saturated rings. The molecule has 1 atom stereocenters. The van der Waals surface area contributed by atoms with Crippen molar-refractivity contribution in [1.29, 1.82) is 0 Å². The molecular formula is C11H19NO5S. The minimum Gasteiger partial charge on any atom is -0.444 e. The summed E-state index contributed by atoms with van der Waals surface area (Å²) >= 11 is 0. The Hall–Kier alpha value is -0.820. The maximum absolute atomic E-state index is 11.9. The average Bonchev–Trinajstić information content (AvgIpc) is 2.31. The molecule has 7 heteroatoms. The molecule has 0 aromatic carbocycles. The molecule has 1 amide bonds. The molecule has 1 spiro atoms. The summed E-state index contributed by atoms with van der Waals surface area (Å²) in [6.45, 7) is 5.32. The number of nitrogens with zero attached hydrogens (tertiary/aromatic N) is 1. The molecule has 0 radical (unpaired) electrons. The lowest BCUT2D eigenvalue weighted by Gasteiger charge is -2.48. The molecule has 2 rings (SSSR count). The van der Waals surface area contributed by atoms with Crippen molar-refractivity contribution in [2.75, 3.05) is 18.8 Å². The van der Waals surface area contributed by atoms with E-state index in [9.17, 15) is 18.3 Å². The molecule has 6 nitrogen and oxygen atoms in total. The number of carbonyl (C=O) groups excluding carboxylic acids is 1. The second-order valence-corrected chi connectivity index (χ2v) is 8.48. The third-order valence-electron chi connectivity index (χ3n) is 3.46. The molecule has 0 bridgehead atoms. The molecule has 104 valence electrons. The van der Waals surface area contributed by atoms with Gasteiger partial charge in [-0.1, -0.05) is 0 Å². The lowest BCUT2D eigenvalue weighted by molar-refractivity contribution is -0.0166. The van der Waals surface area contributed by atoms with E-state index in [1.54, 1.807) is 20.8 Å². The van der Waals surface area contributed by atoms with Gasteiger partial charge in [0.15, 0.2) is 9.84 Å². The number of hydrogen-bond donors (Lipinski definition) is 1. The molecule has 2 aliphatic rings. The fourth-order valence-electron chi connectivity index (χ4n) is 2.40. The van der Waals surface area contributed by atoms with Crippen LogP contribution in [-0.4, -0.2) is 59.8 Å². The van der Waals surface area contributed by atoms with Crippen molar-refractivity contribution in [3.05, 3.63) is 0 Å². The molecule has 1 N–H and O–H groups in total. The number of rotatable bonds is 0. The van der Waals surface area contributed by atoms with Gasteiger partial charge in [-0.2, -0.15) is 0 Å². The van der Waals surface area contributed by atoms with Gasteiger partial charge in [0.1, 0.15) is 10.3 Å². The molecule has 0 aromatic heterocycles. The van der Waals surface area contributed by atoms with Crippen LogP contribution in [0.25, 0.3) is 0 Å². The zero-order valence-electron chi connectivity index (χ0n) is 10.8. The van der Waals surface area contributed by atoms with E-state index in [1.807, 2.05) is 0 Å². The second-order valence-electron chi connectivity index (χ2n) is 6.02. The SMILES string of the molecule is CC(C)(C)OC(=O)N1CC2(C1)C(O)CCS2(=O)=O. The van der Waals surface area contributed by atoms with Crippen molar-refractivity contribution in [1.82, 2.24) is 4.90 Å². The number of ether oxygens (including phenoxy) is 1. The van der Waals surface area contributed by atoms with E-state index in [1.165, 1.54) is 4.90 Å². The highest BCUT2D eigenvalue weighted by molar-refractivity contribution is 7.93. The summed E-state index contributed by atoms with van der Waals surface area (Å²) in [6, 6.07) is 0. The lowest BCUT2D eigenvalue weighted by Crippen LogP contribution is -2.70. The van der Waals surface area contributed by atoms with Gasteiger partial charge in [-0.05, 0) is 27.2 Å². The predicted octanol–water partition coefficient (Wildman–Crippen LogP) is 0.155. The van der Waals surface area contributed by atoms with Crippen LogP contribution in [0, 0.1) is 0 Å². The predicted molar refractivity (Wildman–Crippen MR) is 64.9 cm³/mol. The topological polar surface area (TPSA) is 83.9 Å². The summed E-state index contributed by atoms with van der Waals surface area (Å²) in [4.78, 5) is 13.1. The Morgan fingerprint density at radius 1 is 1.39 bits per heavy atom. The Balaban J connectivity index is 2.04. The molecule has 2 saturated heterocycles. The number of aliphatic hydroxyl groups is 1. The first kappa shape index (κ1) is 13.6. The van der Waals surface area contributed by atoms with Gasteiger partial charge in [-0.25, -0.2) is 13.2 Å². The zero-order valence-corrected chi connectivity index (χ0v) is 11.7. The number of aliphatic hydroxyl groups excluding tert-OH is 1. The summed E-state index contributed by atoms with van der Waals surface area (Å²) < 4.78 is 27.8. The van der Waals surface area contributed by atoms with Gasteiger partial charge in [-0.3, -0.25) is 0 Å². The largest absolute Gasteiger partial charge is 0.444 e. The summed E-state index contributed by atoms with van der Waals surface area (Å²) in [5, 5.41) is 9.81. The smallest absolute Gasteiger partial charge is 0.410 e. The molecule has 2 aliphatic heterocycles. The third kappa shape index (κ3) is 1.99. The van der Waals surface area contributed by atoms with Gasteiger partial charge in [0.2, 0.25) is 0 Å². The number of sulfone groups is 1. The quantitative estimate of drug-likeness (QED) is 0.681. The van der Waals surface area contributed by atoms with Crippen molar-refractivity contribution >= 4 is 15.9 Å². The summed E-state index contributed by atoms with van der Waals surface area (Å²) in [6.07, 6.45) is -1.14. The normalized spacial score (nSPS) is 29.1. The van der Waals surface area contributed by atoms with Crippen molar-refractivity contribution < 1.29 is 23.1 Å². The van der Waals surface area contributed by atoms with E-state index < -0.39 is 32.4 Å². The summed E-state index contributed by atoms with van der Waals surface area (Å²) in [5.41, 5.74) is -0.604. The number of carbonyl (C=O) groups is 1. The summed E-state index contributed by atoms with van der Waals surface area (Å²) in [5.74, 6) is -0.00365. The van der Waals surface area contributed by atoms with Gasteiger partial charge in [0, 0.05) is 13.1 Å². The lowest BCUT2D eigenvalue weighted by atomic mass is 9.92. The first-order chi connectivity index (χ1) is 8.07. The maximum atomic E-state index is 11.9. The standard InChI is InChI=1S/C11H19NO5S/c1-10(2,3)17-9(14)12-6-11(7-12)8(13)4-5-18(11,15)16/h8,13H,4-7H2,1-3H3. The van der Waals surface area contributed by atoms with Crippen molar-refractivity contribution in [2.45, 2.75) is 43.6 Å². The van der Waals surface area contributed by atoms with Gasteiger partial charge in [-0.15, -0.1) is 0 Å². The monoisotopic (exact) mass is 277 g/mol. The maximum Gasteiger partial charge on any atom is 0.410 e. The fourth-order valence-corrected chi connectivity index (χ4v) is 4.58. The Bertz CT molecular complexity index is 458. The van der Waals surface area contributed by atoms with Gasteiger partial charge in [0.05, 0.1) is 11.9 Å². The number of amides is 1. The van der Waals surface area contributed by atoms with Crippen LogP contribution in [0.3, 0.4) is 0 Å². The summed E-state index contributed by atoms with van der Waals surface area (Å²) in [7, 11) is -3.31. The van der Waals surface area contributed by atoms with Crippen LogP contribution in [0.15, 0.2) is 0 Å². The van der Waals surface area contributed by atoms with Crippen LogP contribution in [0.1, 0.15) is 27.2 Å². The zero-order chi connectivity index (χ0) is 13.8. The number of likely N-dealkylation sites (tertiary alicyclic amines) is 1. The molecule has 2 heterocycles. The van der Waals surface area contributed by atoms with Crippen LogP contribution >= 0.6 is 0 Å². The number of hydrogen-bond acceptors (Lipinski definition) is 5. The highest BCUT2D eigenvalue weighted by Crippen LogP contribution is 2.40. The Kier molecular flexibility index (Phi) is 2.90. The van der Waals surface area contributed by atoms with Crippen molar-refractivity contribution in [2.24, 2.45) is 0 Å². The fraction of sp³-hybridized carbons (Fsp3) is 0.909. The van der Waals surface area contributed by atoms with E-state index in [0.717, 1.165) is 0 Å². The van der Waals surface area contributed by atoms with E-state index in [4.69, 9.17) is 4.74 Å². The average molecular weight is 277 g/mol. The third-order valence-corrected chi connectivity index (χ3v) is 6.00. The first-order valence-electron chi connectivity index (χ1n) is 5.96. The second kappa shape index (κ2) is 3.84. The van der Waals surface area contributed by atoms with E-state index >= 15 is 0 Å². The molecule has 0 saturated carbocycles. The van der Waals surface area contributed by atoms with Gasteiger partial charge < -0.3 is 14.7 Å². The molecule has 0 aromatic rings. The molecule has 0 aliphatic carbocycles. The van der Waals surface area contributed by atoms with E-state index in [2.05, 4.69) is 0 Å². The van der Waals surface area contributed by atoms with Crippen LogP contribution < -0.4 is 0 Å². The molecule has 18 heavy (non-hydrogen) atoms. The van der Waals surface area contributed by atoms with Crippen LogP contribution in [0.2, 0.25) is 0 Å². The minimum absolute atomic E-state index is 0.00365. The van der Waals surface area contributed by atoms with Crippen molar-refractivity contribution in [3.63, 3.8) is 0 Å². The Morgan fingerprint density at radius 3 is 2.33 bits per heavy atom. The highest BCUT2D eigenvalue weighted by Gasteiger charge is 2.63.